The number of rotatable bonds is 4. The molecule has 0 spiro atoms. The van der Waals surface area contributed by atoms with Crippen LogP contribution in [-0.4, -0.2) is 71.9 Å². The van der Waals surface area contributed by atoms with Gasteiger partial charge in [0.25, 0.3) is 0 Å². The van der Waals surface area contributed by atoms with Gasteiger partial charge in [0.15, 0.2) is 0 Å². The van der Waals surface area contributed by atoms with Crippen LogP contribution in [0.15, 0.2) is 12.3 Å². The van der Waals surface area contributed by atoms with E-state index in [0.717, 1.165) is 31.2 Å². The molecule has 152 valence electrons. The number of hydrogen-bond acceptors (Lipinski definition) is 5. The third kappa shape index (κ3) is 3.71. The van der Waals surface area contributed by atoms with E-state index in [-0.39, 0.29) is 29.6 Å². The molecule has 3 fully saturated rings. The molecule has 0 radical (unpaired) electrons. The second-order valence-electron chi connectivity index (χ2n) is 8.84. The third-order valence-corrected chi connectivity index (χ3v) is 6.50. The summed E-state index contributed by atoms with van der Waals surface area (Å²) in [6.07, 6.45) is 6.37. The van der Waals surface area contributed by atoms with Crippen LogP contribution >= 0.6 is 0 Å². The molecule has 2 saturated heterocycles. The molecule has 3 aliphatic rings. The number of carbonyl (C=O) groups excluding carboxylic acids is 2. The minimum Gasteiger partial charge on any atom is -0.349 e. The summed E-state index contributed by atoms with van der Waals surface area (Å²) >= 11 is 0. The first-order valence-corrected chi connectivity index (χ1v) is 10.5. The molecule has 4 atom stereocenters. The lowest BCUT2D eigenvalue weighted by atomic mass is 9.91. The van der Waals surface area contributed by atoms with Gasteiger partial charge < -0.3 is 14.7 Å². The van der Waals surface area contributed by atoms with Crippen molar-refractivity contribution in [3.05, 3.63) is 18.0 Å². The molecule has 1 saturated carbocycles. The number of likely N-dealkylation sites (tertiary alicyclic amines) is 1. The van der Waals surface area contributed by atoms with E-state index in [0.29, 0.717) is 19.0 Å². The maximum absolute atomic E-state index is 12.9. The number of amides is 2. The smallest absolute Gasteiger partial charge is 0.227 e. The number of hydrogen-bond donors (Lipinski definition) is 0. The van der Waals surface area contributed by atoms with Gasteiger partial charge in [-0.15, -0.1) is 0 Å². The summed E-state index contributed by atoms with van der Waals surface area (Å²) in [5.74, 6) is 1.34. The Hall–Kier alpha value is -2.18. The zero-order valence-corrected chi connectivity index (χ0v) is 17.2. The van der Waals surface area contributed by atoms with E-state index in [9.17, 15) is 9.59 Å². The number of carbonyl (C=O) groups is 2. The van der Waals surface area contributed by atoms with E-state index >= 15 is 0 Å². The Balaban J connectivity index is 1.58. The molecule has 0 N–H and O–H groups in total. The summed E-state index contributed by atoms with van der Waals surface area (Å²) < 4.78 is 0. The van der Waals surface area contributed by atoms with Gasteiger partial charge in [-0.05, 0) is 37.7 Å². The van der Waals surface area contributed by atoms with Crippen LogP contribution in [0.4, 0.5) is 5.95 Å². The number of nitrogens with zero attached hydrogens (tertiary/aromatic N) is 5. The molecular weight excluding hydrogens is 354 g/mol. The van der Waals surface area contributed by atoms with Crippen molar-refractivity contribution in [2.75, 3.05) is 45.2 Å². The zero-order valence-electron chi connectivity index (χ0n) is 17.2. The van der Waals surface area contributed by atoms with E-state index in [1.54, 1.807) is 25.2 Å². The molecule has 3 heterocycles. The maximum atomic E-state index is 12.9. The first-order chi connectivity index (χ1) is 13.5. The van der Waals surface area contributed by atoms with Gasteiger partial charge in [0.2, 0.25) is 17.8 Å². The average molecular weight is 386 g/mol. The predicted octanol–water partition coefficient (Wildman–Crippen LogP) is 1.75. The van der Waals surface area contributed by atoms with E-state index in [1.807, 2.05) is 11.0 Å². The van der Waals surface area contributed by atoms with Crippen LogP contribution < -0.4 is 4.90 Å². The Labute approximate surface area is 167 Å². The lowest BCUT2D eigenvalue weighted by Crippen LogP contribution is -2.35. The van der Waals surface area contributed by atoms with Crippen molar-refractivity contribution < 1.29 is 9.59 Å². The van der Waals surface area contributed by atoms with Crippen LogP contribution in [0.5, 0.6) is 0 Å². The van der Waals surface area contributed by atoms with Gasteiger partial charge in [-0.2, -0.15) is 0 Å². The van der Waals surface area contributed by atoms with Crippen LogP contribution in [-0.2, 0) is 9.59 Å². The fourth-order valence-corrected chi connectivity index (χ4v) is 4.58. The topological polar surface area (TPSA) is 69.6 Å². The van der Waals surface area contributed by atoms with Gasteiger partial charge >= 0.3 is 0 Å². The standard InChI is InChI=1S/C21H31N5O2/c1-14-11-15(14)20(28)26-12-16(17(13-26)19(27)24(2)3)18-7-8-22-21(23-18)25-9-5-4-6-10-25/h7-8,14-17H,4-6,9-13H2,1-3H3/t14-,15+,16-,17-/m0/s1. The maximum Gasteiger partial charge on any atom is 0.227 e. The minimum atomic E-state index is -0.239. The Kier molecular flexibility index (Phi) is 5.25. The number of anilines is 1. The monoisotopic (exact) mass is 385 g/mol. The molecule has 2 aliphatic heterocycles. The highest BCUT2D eigenvalue weighted by molar-refractivity contribution is 5.85. The molecule has 7 nitrogen and oxygen atoms in total. The Morgan fingerprint density at radius 3 is 2.46 bits per heavy atom. The van der Waals surface area contributed by atoms with Crippen LogP contribution in [0.25, 0.3) is 0 Å². The highest BCUT2D eigenvalue weighted by atomic mass is 16.2. The van der Waals surface area contributed by atoms with Crippen LogP contribution in [0.2, 0.25) is 0 Å². The molecule has 1 aromatic rings. The molecule has 0 unspecified atom stereocenters. The summed E-state index contributed by atoms with van der Waals surface area (Å²) in [5.41, 5.74) is 0.884. The van der Waals surface area contributed by atoms with Gasteiger partial charge in [-0.3, -0.25) is 9.59 Å². The van der Waals surface area contributed by atoms with Crippen molar-refractivity contribution in [2.24, 2.45) is 17.8 Å². The van der Waals surface area contributed by atoms with Gasteiger partial charge in [-0.25, -0.2) is 9.97 Å². The molecular formula is C21H31N5O2. The largest absolute Gasteiger partial charge is 0.349 e. The number of aromatic nitrogens is 2. The number of piperidine rings is 1. The van der Waals surface area contributed by atoms with Crippen molar-refractivity contribution in [1.82, 2.24) is 19.8 Å². The molecule has 0 aromatic carbocycles. The van der Waals surface area contributed by atoms with E-state index < -0.39 is 0 Å². The Morgan fingerprint density at radius 2 is 1.82 bits per heavy atom. The second kappa shape index (κ2) is 7.68. The van der Waals surface area contributed by atoms with Crippen molar-refractivity contribution in [3.63, 3.8) is 0 Å². The Bertz CT molecular complexity index is 746. The van der Waals surface area contributed by atoms with Gasteiger partial charge in [0.1, 0.15) is 0 Å². The summed E-state index contributed by atoms with van der Waals surface area (Å²) in [5, 5.41) is 0. The molecule has 0 bridgehead atoms. The molecule has 1 aliphatic carbocycles. The molecule has 28 heavy (non-hydrogen) atoms. The van der Waals surface area contributed by atoms with E-state index in [4.69, 9.17) is 4.98 Å². The summed E-state index contributed by atoms with van der Waals surface area (Å²) in [6.45, 7) is 5.15. The van der Waals surface area contributed by atoms with Crippen LogP contribution in [0.1, 0.15) is 44.2 Å². The van der Waals surface area contributed by atoms with Gasteiger partial charge in [-0.1, -0.05) is 6.92 Å². The molecule has 7 heteroatoms. The first-order valence-electron chi connectivity index (χ1n) is 10.5. The zero-order chi connectivity index (χ0) is 19.8. The first kappa shape index (κ1) is 19.2. The van der Waals surface area contributed by atoms with Gasteiger partial charge in [0.05, 0.1) is 11.6 Å². The second-order valence-corrected chi connectivity index (χ2v) is 8.84. The van der Waals surface area contributed by atoms with Crippen molar-refractivity contribution >= 4 is 17.8 Å². The fraction of sp³-hybridized carbons (Fsp3) is 0.714. The lowest BCUT2D eigenvalue weighted by Gasteiger charge is -2.27. The van der Waals surface area contributed by atoms with Crippen molar-refractivity contribution in [3.8, 4) is 0 Å². The summed E-state index contributed by atoms with van der Waals surface area (Å²) in [6, 6.07) is 1.92. The van der Waals surface area contributed by atoms with Crippen molar-refractivity contribution in [1.29, 1.82) is 0 Å². The molecule has 1 aromatic heterocycles. The molecule has 2 amide bonds. The van der Waals surface area contributed by atoms with Crippen molar-refractivity contribution in [2.45, 2.75) is 38.5 Å². The Morgan fingerprint density at radius 1 is 1.11 bits per heavy atom. The fourth-order valence-electron chi connectivity index (χ4n) is 4.58. The van der Waals surface area contributed by atoms with E-state index in [2.05, 4.69) is 16.8 Å². The highest BCUT2D eigenvalue weighted by Gasteiger charge is 2.47. The average Bonchev–Trinajstić information content (AvgIpc) is 3.28. The van der Waals surface area contributed by atoms with Gasteiger partial charge in [0, 0.05) is 58.3 Å². The summed E-state index contributed by atoms with van der Waals surface area (Å²) in [4.78, 5) is 40.8. The summed E-state index contributed by atoms with van der Waals surface area (Å²) in [7, 11) is 3.57. The predicted molar refractivity (Wildman–Crippen MR) is 107 cm³/mol. The lowest BCUT2D eigenvalue weighted by molar-refractivity contribution is -0.134. The van der Waals surface area contributed by atoms with Crippen LogP contribution in [0, 0.1) is 17.8 Å². The van der Waals surface area contributed by atoms with Crippen LogP contribution in [0.3, 0.4) is 0 Å². The quantitative estimate of drug-likeness (QED) is 0.790. The minimum absolute atomic E-state index is 0.0700. The normalized spacial score (nSPS) is 29.7. The highest BCUT2D eigenvalue weighted by Crippen LogP contribution is 2.42. The third-order valence-electron chi connectivity index (χ3n) is 6.50. The molecule has 4 rings (SSSR count). The SMILES string of the molecule is C[C@H]1C[C@H]1C(=O)N1C[C@H](C(=O)N(C)C)[C@@H](c2ccnc(N3CCCCC3)n2)C1. The van der Waals surface area contributed by atoms with E-state index in [1.165, 1.54) is 19.3 Å².